The van der Waals surface area contributed by atoms with E-state index < -0.39 is 0 Å². The van der Waals surface area contributed by atoms with Crippen LogP contribution in [0.1, 0.15) is 18.1 Å². The van der Waals surface area contributed by atoms with Crippen LogP contribution in [0.4, 0.5) is 5.69 Å². The number of hydrogen-bond donors (Lipinski definition) is 1. The van der Waals surface area contributed by atoms with Gasteiger partial charge in [0, 0.05) is 5.02 Å². The molecule has 0 fully saturated rings. The highest BCUT2D eigenvalue weighted by atomic mass is 35.5. The van der Waals surface area contributed by atoms with E-state index in [1.807, 2.05) is 51.1 Å². The summed E-state index contributed by atoms with van der Waals surface area (Å²) in [7, 11) is 0. The van der Waals surface area contributed by atoms with Crippen molar-refractivity contribution >= 4 is 17.3 Å². The van der Waals surface area contributed by atoms with Crippen LogP contribution < -0.4 is 15.2 Å². The highest BCUT2D eigenvalue weighted by molar-refractivity contribution is 6.30. The minimum atomic E-state index is 0.503. The molecule has 2 rings (SSSR count). The van der Waals surface area contributed by atoms with Crippen molar-refractivity contribution in [3.05, 3.63) is 46.5 Å². The van der Waals surface area contributed by atoms with Gasteiger partial charge in [0.15, 0.2) is 5.75 Å². The fourth-order valence-electron chi connectivity index (χ4n) is 2.06. The van der Waals surface area contributed by atoms with Gasteiger partial charge >= 0.3 is 0 Å². The Morgan fingerprint density at radius 3 is 2.30 bits per heavy atom. The van der Waals surface area contributed by atoms with E-state index in [1.54, 1.807) is 0 Å². The minimum absolute atomic E-state index is 0.503. The Hall–Kier alpha value is -1.87. The van der Waals surface area contributed by atoms with Crippen molar-refractivity contribution < 1.29 is 9.47 Å². The molecule has 0 aliphatic heterocycles. The number of para-hydroxylation sites is 1. The van der Waals surface area contributed by atoms with Gasteiger partial charge in [0.25, 0.3) is 0 Å². The zero-order chi connectivity index (χ0) is 14.7. The average molecular weight is 292 g/mol. The summed E-state index contributed by atoms with van der Waals surface area (Å²) >= 11 is 6.02. The number of hydrogen-bond acceptors (Lipinski definition) is 3. The monoisotopic (exact) mass is 291 g/mol. The minimum Gasteiger partial charge on any atom is -0.492 e. The lowest BCUT2D eigenvalue weighted by molar-refractivity contribution is 0.340. The Morgan fingerprint density at radius 1 is 1.10 bits per heavy atom. The maximum absolute atomic E-state index is 6.07. The molecule has 0 atom stereocenters. The van der Waals surface area contributed by atoms with Gasteiger partial charge in [-0.15, -0.1) is 0 Å². The van der Waals surface area contributed by atoms with E-state index >= 15 is 0 Å². The molecule has 0 aromatic heterocycles. The first-order chi connectivity index (χ1) is 9.52. The van der Waals surface area contributed by atoms with Gasteiger partial charge in [-0.3, -0.25) is 0 Å². The van der Waals surface area contributed by atoms with Crippen LogP contribution in [0.3, 0.4) is 0 Å². The van der Waals surface area contributed by atoms with Crippen molar-refractivity contribution in [3.8, 4) is 17.2 Å². The second kappa shape index (κ2) is 6.06. The predicted molar refractivity (Wildman–Crippen MR) is 83.0 cm³/mol. The normalized spacial score (nSPS) is 10.4. The first-order valence-electron chi connectivity index (χ1n) is 6.48. The number of aryl methyl sites for hydroxylation is 2. The molecule has 4 heteroatoms. The lowest BCUT2D eigenvalue weighted by Crippen LogP contribution is -2.00. The Balaban J connectivity index is 2.38. The molecular formula is C16H18ClNO2. The number of nitrogen functional groups attached to an aromatic ring is 1. The Morgan fingerprint density at radius 2 is 1.70 bits per heavy atom. The van der Waals surface area contributed by atoms with Crippen LogP contribution in [0.5, 0.6) is 17.2 Å². The van der Waals surface area contributed by atoms with Crippen molar-refractivity contribution in [1.82, 2.24) is 0 Å². The third-order valence-corrected chi connectivity index (χ3v) is 3.18. The molecule has 0 heterocycles. The van der Waals surface area contributed by atoms with Crippen molar-refractivity contribution in [3.63, 3.8) is 0 Å². The summed E-state index contributed by atoms with van der Waals surface area (Å²) in [6, 6.07) is 9.24. The summed E-state index contributed by atoms with van der Waals surface area (Å²) in [6.45, 7) is 6.39. The topological polar surface area (TPSA) is 44.5 Å². The van der Waals surface area contributed by atoms with Crippen LogP contribution in [-0.2, 0) is 0 Å². The standard InChI is InChI=1S/C16H18ClNO2/c1-4-19-13-6-5-7-14(15(13)18)20-16-10(2)8-12(17)9-11(16)3/h5-9H,4,18H2,1-3H3. The quantitative estimate of drug-likeness (QED) is 0.828. The van der Waals surface area contributed by atoms with Crippen molar-refractivity contribution in [2.45, 2.75) is 20.8 Å². The van der Waals surface area contributed by atoms with Gasteiger partial charge in [-0.05, 0) is 56.2 Å². The van der Waals surface area contributed by atoms with E-state index in [1.165, 1.54) is 0 Å². The van der Waals surface area contributed by atoms with E-state index in [2.05, 4.69) is 0 Å². The molecule has 2 aromatic rings. The fraction of sp³-hybridized carbons (Fsp3) is 0.250. The number of rotatable bonds is 4. The number of ether oxygens (including phenoxy) is 2. The van der Waals surface area contributed by atoms with Gasteiger partial charge in [-0.1, -0.05) is 17.7 Å². The summed E-state index contributed by atoms with van der Waals surface area (Å²) in [6.07, 6.45) is 0. The van der Waals surface area contributed by atoms with Crippen LogP contribution >= 0.6 is 11.6 Å². The van der Waals surface area contributed by atoms with Gasteiger partial charge in [-0.25, -0.2) is 0 Å². The third-order valence-electron chi connectivity index (χ3n) is 2.96. The fourth-order valence-corrected chi connectivity index (χ4v) is 2.39. The molecule has 0 aliphatic rings. The van der Waals surface area contributed by atoms with Crippen LogP contribution in [-0.4, -0.2) is 6.61 Å². The highest BCUT2D eigenvalue weighted by Crippen LogP contribution is 2.37. The molecule has 3 nitrogen and oxygen atoms in total. The lowest BCUT2D eigenvalue weighted by atomic mass is 10.1. The molecule has 0 saturated heterocycles. The van der Waals surface area contributed by atoms with E-state index in [4.69, 9.17) is 26.8 Å². The summed E-state index contributed by atoms with van der Waals surface area (Å²) in [4.78, 5) is 0. The first-order valence-corrected chi connectivity index (χ1v) is 6.86. The molecule has 0 bridgehead atoms. The summed E-state index contributed by atoms with van der Waals surface area (Å²) in [5, 5.41) is 0.698. The van der Waals surface area contributed by atoms with E-state index in [0.717, 1.165) is 16.9 Å². The molecule has 2 N–H and O–H groups in total. The number of nitrogens with two attached hydrogens (primary N) is 1. The number of anilines is 1. The van der Waals surface area contributed by atoms with Crippen molar-refractivity contribution in [2.75, 3.05) is 12.3 Å². The molecule has 20 heavy (non-hydrogen) atoms. The molecule has 2 aromatic carbocycles. The van der Waals surface area contributed by atoms with Crippen LogP contribution in [0, 0.1) is 13.8 Å². The average Bonchev–Trinajstić information content (AvgIpc) is 2.38. The number of benzene rings is 2. The summed E-state index contributed by atoms with van der Waals surface area (Å²) < 4.78 is 11.4. The molecule has 0 radical (unpaired) electrons. The van der Waals surface area contributed by atoms with Gasteiger partial charge in [0.2, 0.25) is 0 Å². The molecule has 106 valence electrons. The van der Waals surface area contributed by atoms with E-state index in [-0.39, 0.29) is 0 Å². The Labute approximate surface area is 124 Å². The second-order valence-electron chi connectivity index (χ2n) is 4.57. The van der Waals surface area contributed by atoms with Crippen LogP contribution in [0.25, 0.3) is 0 Å². The smallest absolute Gasteiger partial charge is 0.154 e. The summed E-state index contributed by atoms with van der Waals surface area (Å²) in [5.41, 5.74) is 8.51. The largest absolute Gasteiger partial charge is 0.492 e. The Kier molecular flexibility index (Phi) is 4.40. The Bertz CT molecular complexity index is 603. The molecule has 0 aliphatic carbocycles. The molecule has 0 amide bonds. The maximum atomic E-state index is 6.07. The second-order valence-corrected chi connectivity index (χ2v) is 5.01. The zero-order valence-corrected chi connectivity index (χ0v) is 12.6. The molecule has 0 saturated carbocycles. The first kappa shape index (κ1) is 14.5. The van der Waals surface area contributed by atoms with Crippen LogP contribution in [0.15, 0.2) is 30.3 Å². The zero-order valence-electron chi connectivity index (χ0n) is 11.9. The molecule has 0 spiro atoms. The highest BCUT2D eigenvalue weighted by Gasteiger charge is 2.11. The van der Waals surface area contributed by atoms with Crippen LogP contribution in [0.2, 0.25) is 5.02 Å². The van der Waals surface area contributed by atoms with Gasteiger partial charge in [0.05, 0.1) is 6.61 Å². The van der Waals surface area contributed by atoms with Crippen molar-refractivity contribution in [2.24, 2.45) is 0 Å². The van der Waals surface area contributed by atoms with Gasteiger partial charge in [0.1, 0.15) is 17.2 Å². The van der Waals surface area contributed by atoms with E-state index in [9.17, 15) is 0 Å². The lowest BCUT2D eigenvalue weighted by Gasteiger charge is -2.15. The van der Waals surface area contributed by atoms with Gasteiger partial charge in [-0.2, -0.15) is 0 Å². The predicted octanol–water partition coefficient (Wildman–Crippen LogP) is 4.73. The van der Waals surface area contributed by atoms with Gasteiger partial charge < -0.3 is 15.2 Å². The third kappa shape index (κ3) is 2.99. The van der Waals surface area contributed by atoms with E-state index in [0.29, 0.717) is 28.8 Å². The number of halogens is 1. The SMILES string of the molecule is CCOc1cccc(Oc2c(C)cc(Cl)cc2C)c1N. The maximum Gasteiger partial charge on any atom is 0.154 e. The molecule has 0 unspecified atom stereocenters. The molecular weight excluding hydrogens is 274 g/mol. The summed E-state index contributed by atoms with van der Waals surface area (Å²) in [5.74, 6) is 1.99. The van der Waals surface area contributed by atoms with Crippen molar-refractivity contribution in [1.29, 1.82) is 0 Å².